The van der Waals surface area contributed by atoms with Gasteiger partial charge in [0.25, 0.3) is 0 Å². The molecule has 0 bridgehead atoms. The Morgan fingerprint density at radius 3 is 2.71 bits per heavy atom. The minimum atomic E-state index is 0.658. The molecule has 0 unspecified atom stereocenters. The van der Waals surface area contributed by atoms with Gasteiger partial charge in [0, 0.05) is 18.3 Å². The summed E-state index contributed by atoms with van der Waals surface area (Å²) in [4.78, 5) is 0. The summed E-state index contributed by atoms with van der Waals surface area (Å²) in [5.74, 6) is 2.46. The first-order valence-corrected chi connectivity index (χ1v) is 6.38. The zero-order valence-electron chi connectivity index (χ0n) is 10.7. The predicted octanol–water partition coefficient (Wildman–Crippen LogP) is 3.31. The Morgan fingerprint density at radius 1 is 1.29 bits per heavy atom. The van der Waals surface area contributed by atoms with Gasteiger partial charge in [0.2, 0.25) is 0 Å². The van der Waals surface area contributed by atoms with E-state index in [0.717, 1.165) is 29.6 Å². The second kappa shape index (κ2) is 5.80. The van der Waals surface area contributed by atoms with E-state index in [9.17, 15) is 0 Å². The van der Waals surface area contributed by atoms with Crippen molar-refractivity contribution in [3.63, 3.8) is 0 Å². The molecule has 1 N–H and O–H groups in total. The monoisotopic (exact) mass is 235 g/mol. The molecule has 1 aliphatic rings. The van der Waals surface area contributed by atoms with Gasteiger partial charge in [0.05, 0.1) is 13.7 Å². The third-order valence-electron chi connectivity index (χ3n) is 3.28. The number of hydrogen-bond donors (Lipinski definition) is 1. The first kappa shape index (κ1) is 12.1. The van der Waals surface area contributed by atoms with Gasteiger partial charge in [-0.05, 0) is 37.8 Å². The number of anilines is 1. The van der Waals surface area contributed by atoms with E-state index in [4.69, 9.17) is 9.47 Å². The van der Waals surface area contributed by atoms with E-state index in [-0.39, 0.29) is 0 Å². The van der Waals surface area contributed by atoms with Gasteiger partial charge < -0.3 is 14.8 Å². The maximum absolute atomic E-state index is 5.49. The molecule has 2 rings (SSSR count). The van der Waals surface area contributed by atoms with Crippen molar-refractivity contribution in [1.82, 2.24) is 0 Å². The molecule has 0 aromatic heterocycles. The molecule has 1 aromatic rings. The van der Waals surface area contributed by atoms with Crippen molar-refractivity contribution in [2.45, 2.75) is 26.2 Å². The van der Waals surface area contributed by atoms with Crippen molar-refractivity contribution in [1.29, 1.82) is 0 Å². The fourth-order valence-electron chi connectivity index (χ4n) is 2.01. The first-order valence-electron chi connectivity index (χ1n) is 6.38. The van der Waals surface area contributed by atoms with E-state index < -0.39 is 0 Å². The van der Waals surface area contributed by atoms with Gasteiger partial charge in [-0.2, -0.15) is 0 Å². The van der Waals surface area contributed by atoms with Gasteiger partial charge >= 0.3 is 0 Å². The van der Waals surface area contributed by atoms with Crippen LogP contribution in [-0.4, -0.2) is 20.3 Å². The predicted molar refractivity (Wildman–Crippen MR) is 70.0 cm³/mol. The third kappa shape index (κ3) is 3.05. The van der Waals surface area contributed by atoms with E-state index >= 15 is 0 Å². The fourth-order valence-corrected chi connectivity index (χ4v) is 2.01. The molecule has 1 aliphatic carbocycles. The standard InChI is InChI=1S/C14H21NO2/c1-3-17-13-8-7-12(9-14(13)16-2)15-10-11-5-4-6-11/h7-9,11,15H,3-6,10H2,1-2H3. The molecular weight excluding hydrogens is 214 g/mol. The number of benzene rings is 1. The lowest BCUT2D eigenvalue weighted by atomic mass is 9.85. The van der Waals surface area contributed by atoms with E-state index in [1.165, 1.54) is 19.3 Å². The van der Waals surface area contributed by atoms with Gasteiger partial charge in [-0.25, -0.2) is 0 Å². The van der Waals surface area contributed by atoms with Crippen LogP contribution in [0.5, 0.6) is 11.5 Å². The summed E-state index contributed by atoms with van der Waals surface area (Å²) in [5.41, 5.74) is 1.11. The molecule has 0 heterocycles. The van der Waals surface area contributed by atoms with Crippen LogP contribution >= 0.6 is 0 Å². The Balaban J connectivity index is 1.97. The highest BCUT2D eigenvalue weighted by Gasteiger charge is 2.16. The Labute approximate surface area is 103 Å². The molecule has 1 aromatic carbocycles. The summed E-state index contributed by atoms with van der Waals surface area (Å²) in [5, 5.41) is 3.46. The fraction of sp³-hybridized carbons (Fsp3) is 0.571. The SMILES string of the molecule is CCOc1ccc(NCC2CCC2)cc1OC. The number of nitrogens with one attached hydrogen (secondary N) is 1. The summed E-state index contributed by atoms with van der Waals surface area (Å²) in [7, 11) is 1.67. The van der Waals surface area contributed by atoms with E-state index in [0.29, 0.717) is 6.61 Å². The minimum absolute atomic E-state index is 0.658. The molecule has 94 valence electrons. The highest BCUT2D eigenvalue weighted by atomic mass is 16.5. The van der Waals surface area contributed by atoms with Crippen LogP contribution in [0.15, 0.2) is 18.2 Å². The number of hydrogen-bond acceptors (Lipinski definition) is 3. The van der Waals surface area contributed by atoms with Crippen LogP contribution in [-0.2, 0) is 0 Å². The van der Waals surface area contributed by atoms with E-state index in [2.05, 4.69) is 5.32 Å². The molecule has 0 radical (unpaired) electrons. The molecule has 0 atom stereocenters. The van der Waals surface area contributed by atoms with E-state index in [1.54, 1.807) is 7.11 Å². The largest absolute Gasteiger partial charge is 0.493 e. The Hall–Kier alpha value is -1.38. The van der Waals surface area contributed by atoms with Gasteiger partial charge in [-0.3, -0.25) is 0 Å². The highest BCUT2D eigenvalue weighted by Crippen LogP contribution is 2.31. The molecule has 0 saturated heterocycles. The van der Waals surface area contributed by atoms with Crippen LogP contribution < -0.4 is 14.8 Å². The Bertz CT molecular complexity index is 361. The van der Waals surface area contributed by atoms with Crippen molar-refractivity contribution in [3.05, 3.63) is 18.2 Å². The summed E-state index contributed by atoms with van der Waals surface area (Å²) in [6.07, 6.45) is 4.11. The van der Waals surface area contributed by atoms with Gasteiger partial charge in [-0.15, -0.1) is 0 Å². The van der Waals surface area contributed by atoms with Gasteiger partial charge in [0.1, 0.15) is 0 Å². The lowest BCUT2D eigenvalue weighted by Gasteiger charge is -2.26. The molecular formula is C14H21NO2. The van der Waals surface area contributed by atoms with Gasteiger partial charge in [0.15, 0.2) is 11.5 Å². The van der Waals surface area contributed by atoms with Crippen LogP contribution in [0.1, 0.15) is 26.2 Å². The van der Waals surface area contributed by atoms with Crippen molar-refractivity contribution in [2.24, 2.45) is 5.92 Å². The Morgan fingerprint density at radius 2 is 2.12 bits per heavy atom. The first-order chi connectivity index (χ1) is 8.33. The lowest BCUT2D eigenvalue weighted by molar-refractivity contribution is 0.311. The maximum atomic E-state index is 5.49. The molecule has 17 heavy (non-hydrogen) atoms. The average molecular weight is 235 g/mol. The minimum Gasteiger partial charge on any atom is -0.493 e. The molecule has 3 heteroatoms. The molecule has 1 fully saturated rings. The van der Waals surface area contributed by atoms with Crippen molar-refractivity contribution in [2.75, 3.05) is 25.6 Å². The smallest absolute Gasteiger partial charge is 0.162 e. The summed E-state index contributed by atoms with van der Waals surface area (Å²) in [6, 6.07) is 6.02. The summed E-state index contributed by atoms with van der Waals surface area (Å²) < 4.78 is 10.8. The number of ether oxygens (including phenoxy) is 2. The molecule has 0 amide bonds. The van der Waals surface area contributed by atoms with Gasteiger partial charge in [-0.1, -0.05) is 6.42 Å². The molecule has 3 nitrogen and oxygen atoms in total. The Kier molecular flexibility index (Phi) is 4.13. The summed E-state index contributed by atoms with van der Waals surface area (Å²) in [6.45, 7) is 3.70. The third-order valence-corrected chi connectivity index (χ3v) is 3.28. The van der Waals surface area contributed by atoms with Crippen LogP contribution in [0.2, 0.25) is 0 Å². The molecule has 0 spiro atoms. The van der Waals surface area contributed by atoms with Crippen LogP contribution in [0.4, 0.5) is 5.69 Å². The van der Waals surface area contributed by atoms with E-state index in [1.807, 2.05) is 25.1 Å². The number of methoxy groups -OCH3 is 1. The quantitative estimate of drug-likeness (QED) is 0.820. The molecule has 0 aliphatic heterocycles. The zero-order chi connectivity index (χ0) is 12.1. The van der Waals surface area contributed by atoms with Crippen molar-refractivity contribution >= 4 is 5.69 Å². The molecule has 1 saturated carbocycles. The topological polar surface area (TPSA) is 30.5 Å². The average Bonchev–Trinajstić information content (AvgIpc) is 2.29. The lowest BCUT2D eigenvalue weighted by Crippen LogP contribution is -2.20. The zero-order valence-corrected chi connectivity index (χ0v) is 10.7. The second-order valence-corrected chi connectivity index (χ2v) is 4.48. The summed E-state index contributed by atoms with van der Waals surface area (Å²) >= 11 is 0. The van der Waals surface area contributed by atoms with Crippen LogP contribution in [0, 0.1) is 5.92 Å². The second-order valence-electron chi connectivity index (χ2n) is 4.48. The van der Waals surface area contributed by atoms with Crippen LogP contribution in [0.25, 0.3) is 0 Å². The number of rotatable bonds is 6. The van der Waals surface area contributed by atoms with Crippen LogP contribution in [0.3, 0.4) is 0 Å². The highest BCUT2D eigenvalue weighted by molar-refractivity contribution is 5.54. The van der Waals surface area contributed by atoms with Crippen molar-refractivity contribution < 1.29 is 9.47 Å². The normalized spacial score (nSPS) is 15.2. The van der Waals surface area contributed by atoms with Crippen molar-refractivity contribution in [3.8, 4) is 11.5 Å². The maximum Gasteiger partial charge on any atom is 0.162 e.